The summed E-state index contributed by atoms with van der Waals surface area (Å²) in [6, 6.07) is 32.8. The van der Waals surface area contributed by atoms with Crippen molar-refractivity contribution < 1.29 is 0 Å². The third kappa shape index (κ3) is 4.52. The van der Waals surface area contributed by atoms with Gasteiger partial charge in [0.1, 0.15) is 0 Å². The van der Waals surface area contributed by atoms with Crippen LogP contribution in [-0.4, -0.2) is 36.8 Å². The molecule has 134 valence electrons. The summed E-state index contributed by atoms with van der Waals surface area (Å²) in [5.41, 5.74) is 0. The molecule has 0 nitrogen and oxygen atoms in total. The van der Waals surface area contributed by atoms with E-state index in [1.165, 1.54) is 14.3 Å². The Labute approximate surface area is 172 Å². The van der Waals surface area contributed by atoms with E-state index in [2.05, 4.69) is 122 Å². The fourth-order valence-corrected chi connectivity index (χ4v) is 16.4. The number of allylic oxidation sites excluding steroid dienone is 1. The Hall–Kier alpha value is -1.44. The maximum atomic E-state index is 4.36. The van der Waals surface area contributed by atoms with E-state index in [1.807, 2.05) is 0 Å². The van der Waals surface area contributed by atoms with Gasteiger partial charge in [-0.3, -0.25) is 0 Å². The van der Waals surface area contributed by atoms with Crippen LogP contribution in [-0.2, 0) is 0 Å². The summed E-state index contributed by atoms with van der Waals surface area (Å²) in [4.78, 5) is 7.16. The van der Waals surface area contributed by atoms with Crippen molar-refractivity contribution in [1.29, 1.82) is 0 Å². The van der Waals surface area contributed by atoms with Crippen LogP contribution >= 0.6 is 0 Å². The molecule has 0 aliphatic rings. The molecule has 27 heavy (non-hydrogen) atoms. The summed E-state index contributed by atoms with van der Waals surface area (Å²) >= 11 is -5.70. The first-order chi connectivity index (χ1) is 12.9. The van der Waals surface area contributed by atoms with Gasteiger partial charge in [-0.15, -0.1) is 0 Å². The maximum absolute atomic E-state index is 4.36. The average Bonchev–Trinajstić information content (AvgIpc) is 2.70. The van der Waals surface area contributed by atoms with Crippen molar-refractivity contribution in [1.82, 2.24) is 0 Å². The van der Waals surface area contributed by atoms with E-state index in [1.54, 1.807) is 0 Å². The molecule has 0 unspecified atom stereocenters. The Bertz CT molecular complexity index is 860. The molecule has 0 atom stereocenters. The van der Waals surface area contributed by atoms with Crippen LogP contribution in [0, 0.1) is 9.86 Å². The number of hydrogen-bond donors (Lipinski definition) is 0. The van der Waals surface area contributed by atoms with Crippen molar-refractivity contribution in [3.63, 3.8) is 0 Å². The van der Waals surface area contributed by atoms with Crippen LogP contribution in [0.25, 0.3) is 0 Å². The van der Waals surface area contributed by atoms with Gasteiger partial charge in [0, 0.05) is 0 Å². The molecule has 0 saturated carbocycles. The molecule has 3 aromatic carbocycles. The molecule has 0 saturated heterocycles. The third-order valence-electron chi connectivity index (χ3n) is 4.93. The first-order valence-electron chi connectivity index (χ1n) is 9.34. The second kappa shape index (κ2) is 8.71. The summed E-state index contributed by atoms with van der Waals surface area (Å²) in [5.74, 6) is 3.60. The first kappa shape index (κ1) is 20.3. The molecule has 3 aromatic rings. The summed E-state index contributed by atoms with van der Waals surface area (Å²) in [5, 5.41) is 0. The predicted octanol–water partition coefficient (Wildman–Crippen LogP) is 4.13. The van der Waals surface area contributed by atoms with Crippen LogP contribution in [0.5, 0.6) is 0 Å². The van der Waals surface area contributed by atoms with Gasteiger partial charge in [0.15, 0.2) is 0 Å². The quantitative estimate of drug-likeness (QED) is 0.331. The molecule has 0 aromatic heterocycles. The molecule has 0 fully saturated rings. The summed E-state index contributed by atoms with van der Waals surface area (Å²) in [7, 11) is 0. The van der Waals surface area contributed by atoms with Gasteiger partial charge in [0.25, 0.3) is 0 Å². The van der Waals surface area contributed by atoms with Gasteiger partial charge < -0.3 is 0 Å². The zero-order chi connectivity index (χ0) is 19.3. The van der Waals surface area contributed by atoms with Gasteiger partial charge in [-0.05, 0) is 0 Å². The zero-order valence-electron chi connectivity index (χ0n) is 16.4. The average molecular weight is 564 g/mol. The van der Waals surface area contributed by atoms with Crippen LogP contribution in [0.3, 0.4) is 0 Å². The molecule has 0 amide bonds. The zero-order valence-corrected chi connectivity index (χ0v) is 22.1. The molecule has 0 aliphatic heterocycles. The van der Waals surface area contributed by atoms with Crippen molar-refractivity contribution >= 4 is 47.5 Å². The van der Waals surface area contributed by atoms with Crippen LogP contribution in [0.1, 0.15) is 0 Å². The fourth-order valence-electron chi connectivity index (χ4n) is 3.14. The molecular formula is C25H26Sn2. The van der Waals surface area contributed by atoms with E-state index >= 15 is 0 Å². The van der Waals surface area contributed by atoms with Crippen LogP contribution in [0.2, 0.25) is 14.8 Å². The Kier molecular flexibility index (Phi) is 6.55. The van der Waals surface area contributed by atoms with Crippen molar-refractivity contribution in [2.24, 2.45) is 0 Å². The van der Waals surface area contributed by atoms with Crippen molar-refractivity contribution in [2.75, 3.05) is 0 Å². The molecule has 2 heteroatoms. The minimum atomic E-state index is -3.45. The van der Waals surface area contributed by atoms with Crippen LogP contribution < -0.4 is 10.7 Å². The van der Waals surface area contributed by atoms with Gasteiger partial charge in [0.05, 0.1) is 0 Å². The normalized spacial score (nSPS) is 11.4. The van der Waals surface area contributed by atoms with Crippen LogP contribution in [0.4, 0.5) is 0 Å². The second-order valence-corrected chi connectivity index (χ2v) is 32.3. The molecule has 3 rings (SSSR count). The van der Waals surface area contributed by atoms with E-state index in [-0.39, 0.29) is 0 Å². The van der Waals surface area contributed by atoms with E-state index in [0.29, 0.717) is 0 Å². The van der Waals surface area contributed by atoms with Gasteiger partial charge in [0.2, 0.25) is 0 Å². The summed E-state index contributed by atoms with van der Waals surface area (Å²) in [6.07, 6.45) is 0. The molecule has 0 bridgehead atoms. The standard InChI is InChI=1S/3C6H5.C4H2.3CH3.2Sn/c3*1-2-4-6-5-3-1;1-3-4-2;;;;;/h3*1-5H;1H2;3*1H3;;. The van der Waals surface area contributed by atoms with E-state index < -0.39 is 36.8 Å². The van der Waals surface area contributed by atoms with Crippen LogP contribution in [0.15, 0.2) is 101 Å². The van der Waals surface area contributed by atoms with Crippen molar-refractivity contribution in [2.45, 2.75) is 14.8 Å². The molecule has 0 heterocycles. The van der Waals surface area contributed by atoms with E-state index in [4.69, 9.17) is 0 Å². The van der Waals surface area contributed by atoms with E-state index in [0.717, 1.165) is 0 Å². The molecule has 0 N–H and O–H groups in total. The SMILES string of the molecule is C=[C](C#[C][Sn]([c]1ccccc1)([c]1ccccc1)[c]1ccccc1)[Sn]([CH3])([CH3])[CH3]. The number of hydrogen-bond acceptors (Lipinski definition) is 0. The topological polar surface area (TPSA) is 0 Å². The molecule has 0 aliphatic carbocycles. The number of rotatable bonds is 4. The summed E-state index contributed by atoms with van der Waals surface area (Å²) < 4.78 is 9.29. The molecular weight excluding hydrogens is 538 g/mol. The fraction of sp³-hybridized carbons (Fsp3) is 0.120. The molecule has 0 spiro atoms. The third-order valence-corrected chi connectivity index (χ3v) is 22.1. The Balaban J connectivity index is 2.34. The Morgan fingerprint density at radius 1 is 0.630 bits per heavy atom. The summed E-state index contributed by atoms with van der Waals surface area (Å²) in [6.45, 7) is 4.36. The minimum absolute atomic E-state index is 1.20. The van der Waals surface area contributed by atoms with Gasteiger partial charge in [-0.25, -0.2) is 0 Å². The Morgan fingerprint density at radius 3 is 1.26 bits per heavy atom. The van der Waals surface area contributed by atoms with Gasteiger partial charge >= 0.3 is 173 Å². The van der Waals surface area contributed by atoms with Crippen molar-refractivity contribution in [3.8, 4) is 9.86 Å². The predicted molar refractivity (Wildman–Crippen MR) is 124 cm³/mol. The van der Waals surface area contributed by atoms with E-state index in [9.17, 15) is 0 Å². The van der Waals surface area contributed by atoms with Gasteiger partial charge in [-0.2, -0.15) is 0 Å². The first-order valence-corrected chi connectivity index (χ1v) is 25.0. The second-order valence-electron chi connectivity index (χ2n) is 7.83. The molecule has 0 radical (unpaired) electrons. The monoisotopic (exact) mass is 566 g/mol. The number of benzene rings is 3. The Morgan fingerprint density at radius 2 is 0.963 bits per heavy atom. The van der Waals surface area contributed by atoms with Crippen molar-refractivity contribution in [3.05, 3.63) is 101 Å². The van der Waals surface area contributed by atoms with Gasteiger partial charge in [-0.1, -0.05) is 0 Å².